The first-order valence-corrected chi connectivity index (χ1v) is 8.42. The largest absolute Gasteiger partial charge is 0.477 e. The Morgan fingerprint density at radius 1 is 1.19 bits per heavy atom. The van der Waals surface area contributed by atoms with Gasteiger partial charge in [-0.1, -0.05) is 24.3 Å². The van der Waals surface area contributed by atoms with Gasteiger partial charge in [-0.25, -0.2) is 4.79 Å². The molecular weight excluding hydrogens is 300 g/mol. The number of carboxylic acid groups (broad SMARTS) is 1. The number of fused-ring (bicyclic) bond motifs is 2. The van der Waals surface area contributed by atoms with E-state index in [9.17, 15) is 9.90 Å². The van der Waals surface area contributed by atoms with Crippen molar-refractivity contribution in [3.63, 3.8) is 0 Å². The van der Waals surface area contributed by atoms with E-state index in [0.717, 1.165) is 33.4 Å². The van der Waals surface area contributed by atoms with Gasteiger partial charge in [0.25, 0.3) is 0 Å². The van der Waals surface area contributed by atoms with Crippen LogP contribution >= 0.6 is 22.7 Å². The average Bonchev–Trinajstić information content (AvgIpc) is 3.07. The normalized spacial score (nSPS) is 13.5. The number of carbonyl (C=O) groups is 1. The van der Waals surface area contributed by atoms with Gasteiger partial charge in [-0.2, -0.15) is 0 Å². The Labute approximate surface area is 130 Å². The molecule has 0 amide bonds. The summed E-state index contributed by atoms with van der Waals surface area (Å²) in [5, 5.41) is 10.6. The van der Waals surface area contributed by atoms with Gasteiger partial charge in [0.2, 0.25) is 0 Å². The van der Waals surface area contributed by atoms with Crippen molar-refractivity contribution < 1.29 is 9.90 Å². The summed E-state index contributed by atoms with van der Waals surface area (Å²) in [5.74, 6) is -0.840. The standard InChI is InChI=1S/C17H12O2S2/c18-17(19)16-15(11-6-2-4-8-13(11)21-16)14-9-10-5-1-3-7-12(10)20-14/h2-4,6-9H,1,5H2,(H,18,19). The van der Waals surface area contributed by atoms with E-state index in [1.165, 1.54) is 21.8 Å². The molecule has 0 radical (unpaired) electrons. The van der Waals surface area contributed by atoms with Crippen LogP contribution in [-0.2, 0) is 6.42 Å². The summed E-state index contributed by atoms with van der Waals surface area (Å²) in [6.07, 6.45) is 6.46. The zero-order chi connectivity index (χ0) is 14.4. The van der Waals surface area contributed by atoms with Crippen LogP contribution in [0.3, 0.4) is 0 Å². The summed E-state index contributed by atoms with van der Waals surface area (Å²) in [6.45, 7) is 0. The number of aromatic carboxylic acids is 1. The van der Waals surface area contributed by atoms with Crippen molar-refractivity contribution in [1.82, 2.24) is 0 Å². The molecule has 4 heteroatoms. The summed E-state index contributed by atoms with van der Waals surface area (Å²) < 4.78 is 1.03. The molecule has 21 heavy (non-hydrogen) atoms. The average molecular weight is 312 g/mol. The van der Waals surface area contributed by atoms with Crippen LogP contribution in [0.1, 0.15) is 26.5 Å². The lowest BCUT2D eigenvalue weighted by molar-refractivity contribution is 0.0703. The number of rotatable bonds is 2. The van der Waals surface area contributed by atoms with Crippen molar-refractivity contribution >= 4 is 44.8 Å². The number of hydrogen-bond acceptors (Lipinski definition) is 3. The lowest BCUT2D eigenvalue weighted by Gasteiger charge is -2.01. The number of thiophene rings is 2. The van der Waals surface area contributed by atoms with Gasteiger partial charge in [0.15, 0.2) is 0 Å². The quantitative estimate of drug-likeness (QED) is 0.698. The van der Waals surface area contributed by atoms with Crippen LogP contribution in [0, 0.1) is 0 Å². The summed E-state index contributed by atoms with van der Waals surface area (Å²) in [7, 11) is 0. The Morgan fingerprint density at radius 2 is 2.05 bits per heavy atom. The minimum atomic E-state index is -0.840. The molecule has 0 unspecified atom stereocenters. The van der Waals surface area contributed by atoms with Crippen LogP contribution in [0.5, 0.6) is 0 Å². The summed E-state index contributed by atoms with van der Waals surface area (Å²) in [6, 6.07) is 10.1. The first-order chi connectivity index (χ1) is 10.2. The van der Waals surface area contributed by atoms with Crippen LogP contribution in [0.2, 0.25) is 0 Å². The maximum atomic E-state index is 11.6. The third kappa shape index (κ3) is 2.03. The summed E-state index contributed by atoms with van der Waals surface area (Å²) in [5.41, 5.74) is 2.22. The minimum Gasteiger partial charge on any atom is -0.477 e. The second-order valence-corrected chi connectivity index (χ2v) is 7.18. The highest BCUT2D eigenvalue weighted by Crippen LogP contribution is 2.43. The molecule has 0 saturated carbocycles. The molecule has 1 aliphatic carbocycles. The first-order valence-electron chi connectivity index (χ1n) is 6.78. The smallest absolute Gasteiger partial charge is 0.346 e. The van der Waals surface area contributed by atoms with E-state index in [1.807, 2.05) is 24.3 Å². The van der Waals surface area contributed by atoms with Crippen molar-refractivity contribution in [3.05, 3.63) is 51.7 Å². The van der Waals surface area contributed by atoms with Crippen LogP contribution in [-0.4, -0.2) is 11.1 Å². The monoisotopic (exact) mass is 312 g/mol. The molecule has 2 nitrogen and oxygen atoms in total. The van der Waals surface area contributed by atoms with Crippen molar-refractivity contribution in [2.24, 2.45) is 0 Å². The summed E-state index contributed by atoms with van der Waals surface area (Å²) in [4.78, 5) is 14.4. The first kappa shape index (κ1) is 12.8. The van der Waals surface area contributed by atoms with E-state index in [1.54, 1.807) is 11.3 Å². The Bertz CT molecular complexity index is 883. The number of allylic oxidation sites excluding steroid dienone is 1. The van der Waals surface area contributed by atoms with Crippen LogP contribution in [0.25, 0.3) is 26.6 Å². The topological polar surface area (TPSA) is 37.3 Å². The van der Waals surface area contributed by atoms with E-state index in [-0.39, 0.29) is 0 Å². The van der Waals surface area contributed by atoms with E-state index in [0.29, 0.717) is 4.88 Å². The molecule has 0 saturated heterocycles. The fourth-order valence-electron chi connectivity index (χ4n) is 2.77. The highest BCUT2D eigenvalue weighted by atomic mass is 32.1. The van der Waals surface area contributed by atoms with Gasteiger partial charge in [0.05, 0.1) is 0 Å². The molecule has 104 valence electrons. The molecule has 0 fully saturated rings. The third-order valence-electron chi connectivity index (χ3n) is 3.73. The predicted molar refractivity (Wildman–Crippen MR) is 89.5 cm³/mol. The van der Waals surface area contributed by atoms with Gasteiger partial charge in [-0.05, 0) is 36.6 Å². The Hall–Kier alpha value is -1.91. The Balaban J connectivity index is 2.00. The number of hydrogen-bond donors (Lipinski definition) is 1. The van der Waals surface area contributed by atoms with Crippen LogP contribution in [0.4, 0.5) is 0 Å². The van der Waals surface area contributed by atoms with Gasteiger partial charge in [-0.15, -0.1) is 22.7 Å². The van der Waals surface area contributed by atoms with Crippen LogP contribution in [0.15, 0.2) is 36.4 Å². The molecule has 0 spiro atoms. The maximum absolute atomic E-state index is 11.6. The highest BCUT2D eigenvalue weighted by Gasteiger charge is 2.21. The Morgan fingerprint density at radius 3 is 2.86 bits per heavy atom. The molecule has 1 aliphatic rings. The van der Waals surface area contributed by atoms with E-state index in [2.05, 4.69) is 18.2 Å². The predicted octanol–water partition coefficient (Wildman–Crippen LogP) is 5.29. The molecule has 0 bridgehead atoms. The third-order valence-corrected chi connectivity index (χ3v) is 6.05. The number of carboxylic acids is 1. The van der Waals surface area contributed by atoms with Crippen molar-refractivity contribution in [1.29, 1.82) is 0 Å². The zero-order valence-electron chi connectivity index (χ0n) is 11.1. The van der Waals surface area contributed by atoms with E-state index < -0.39 is 5.97 Å². The van der Waals surface area contributed by atoms with Gasteiger partial charge < -0.3 is 5.11 Å². The summed E-state index contributed by atoms with van der Waals surface area (Å²) >= 11 is 3.06. The SMILES string of the molecule is O=C(O)c1sc2ccccc2c1-c1cc2c(s1)C=CCC2. The van der Waals surface area contributed by atoms with Crippen molar-refractivity contribution in [3.8, 4) is 10.4 Å². The number of aryl methyl sites for hydroxylation is 1. The fraction of sp³-hybridized carbons (Fsp3) is 0.118. The lowest BCUT2D eigenvalue weighted by Crippen LogP contribution is -1.93. The van der Waals surface area contributed by atoms with Crippen molar-refractivity contribution in [2.75, 3.05) is 0 Å². The highest BCUT2D eigenvalue weighted by molar-refractivity contribution is 7.22. The molecule has 4 rings (SSSR count). The van der Waals surface area contributed by atoms with Gasteiger partial charge >= 0.3 is 5.97 Å². The molecule has 2 aromatic heterocycles. The van der Waals surface area contributed by atoms with E-state index >= 15 is 0 Å². The fourth-order valence-corrected chi connectivity index (χ4v) is 5.10. The Kier molecular flexibility index (Phi) is 2.94. The van der Waals surface area contributed by atoms with Gasteiger partial charge in [0.1, 0.15) is 4.88 Å². The molecule has 2 heterocycles. The van der Waals surface area contributed by atoms with Crippen LogP contribution < -0.4 is 0 Å². The molecule has 1 N–H and O–H groups in total. The number of benzene rings is 1. The maximum Gasteiger partial charge on any atom is 0.346 e. The lowest BCUT2D eigenvalue weighted by atomic mass is 10.0. The van der Waals surface area contributed by atoms with E-state index in [4.69, 9.17) is 0 Å². The van der Waals surface area contributed by atoms with Crippen molar-refractivity contribution in [2.45, 2.75) is 12.8 Å². The zero-order valence-corrected chi connectivity index (χ0v) is 12.8. The molecular formula is C17H12O2S2. The molecule has 1 aromatic carbocycles. The molecule has 3 aromatic rings. The minimum absolute atomic E-state index is 0.443. The molecule has 0 atom stereocenters. The second kappa shape index (κ2) is 4.83. The van der Waals surface area contributed by atoms with Gasteiger partial charge in [0, 0.05) is 25.4 Å². The molecule has 0 aliphatic heterocycles. The second-order valence-electron chi connectivity index (χ2n) is 5.05. The van der Waals surface area contributed by atoms with Gasteiger partial charge in [-0.3, -0.25) is 0 Å².